The molecule has 0 saturated heterocycles. The van der Waals surface area contributed by atoms with Gasteiger partial charge in [0.15, 0.2) is 0 Å². The fourth-order valence-corrected chi connectivity index (χ4v) is 3.71. The largest absolute Gasteiger partial charge is 0.310 e. The van der Waals surface area contributed by atoms with Crippen molar-refractivity contribution >= 4 is 16.5 Å². The van der Waals surface area contributed by atoms with Crippen molar-refractivity contribution in [2.24, 2.45) is 0 Å². The van der Waals surface area contributed by atoms with E-state index in [2.05, 4.69) is 75.3 Å². The molecule has 1 unspecified atom stereocenters. The first-order valence-corrected chi connectivity index (χ1v) is 10.2. The third-order valence-electron chi connectivity index (χ3n) is 5.59. The van der Waals surface area contributed by atoms with Crippen LogP contribution in [0.25, 0.3) is 10.8 Å². The third kappa shape index (κ3) is 5.95. The molecule has 0 bridgehead atoms. The maximum Gasteiger partial charge on any atom is 0.0113 e. The zero-order valence-corrected chi connectivity index (χ0v) is 17.1. The smallest absolute Gasteiger partial charge is 0.0113 e. The topological polar surface area (TPSA) is 27.1 Å². The van der Waals surface area contributed by atoms with Gasteiger partial charge in [0.25, 0.3) is 0 Å². The van der Waals surface area contributed by atoms with Crippen LogP contribution >= 0.6 is 0 Å². The minimum absolute atomic E-state index is 0.427. The van der Waals surface area contributed by atoms with Crippen molar-refractivity contribution in [3.8, 4) is 0 Å². The Labute approximate surface area is 160 Å². The molecular formula is C24H36N2. The Morgan fingerprint density at radius 3 is 2.42 bits per heavy atom. The summed E-state index contributed by atoms with van der Waals surface area (Å²) in [6.07, 6.45) is 8.10. The molecular weight excluding hydrogens is 316 g/mol. The van der Waals surface area contributed by atoms with Crippen LogP contribution in [0.1, 0.15) is 70.3 Å². The van der Waals surface area contributed by atoms with E-state index in [1.807, 2.05) is 0 Å². The van der Waals surface area contributed by atoms with Gasteiger partial charge < -0.3 is 10.3 Å². The van der Waals surface area contributed by atoms with E-state index in [1.165, 1.54) is 48.4 Å². The average Bonchev–Trinajstić information content (AvgIpc) is 2.63. The molecule has 0 spiro atoms. The molecule has 0 aromatic heterocycles. The predicted molar refractivity (Wildman–Crippen MR) is 116 cm³/mol. The van der Waals surface area contributed by atoms with E-state index >= 15 is 0 Å². The van der Waals surface area contributed by atoms with Gasteiger partial charge in [-0.2, -0.15) is 0 Å². The highest BCUT2D eigenvalue weighted by molar-refractivity contribution is 5.88. The van der Waals surface area contributed by atoms with Gasteiger partial charge in [-0.25, -0.2) is 0 Å². The Kier molecular flexibility index (Phi) is 8.31. The summed E-state index contributed by atoms with van der Waals surface area (Å²) in [5.74, 6) is 0.458. The van der Waals surface area contributed by atoms with Crippen molar-refractivity contribution in [1.29, 1.82) is 5.41 Å². The number of unbranched alkanes of at least 4 members (excludes halogenated alkanes) is 3. The van der Waals surface area contributed by atoms with Crippen LogP contribution in [0, 0.1) is 5.41 Å². The van der Waals surface area contributed by atoms with Crippen LogP contribution in [0.3, 0.4) is 0 Å². The first kappa shape index (κ1) is 20.6. The number of nitrogens with one attached hydrogen (secondary N) is 1. The molecule has 0 saturated carbocycles. The monoisotopic (exact) mass is 352 g/mol. The van der Waals surface area contributed by atoms with E-state index in [-0.39, 0.29) is 0 Å². The van der Waals surface area contributed by atoms with Crippen molar-refractivity contribution in [2.45, 2.75) is 70.8 Å². The standard InChI is InChI=1S/C24H36N2/c1-5-6-7-8-13-21(18-22(25)17-19(2)26(3)4)24-16-11-14-20-12-9-10-15-23(20)24/h9-12,14-16,19,21,25H,5-8,13,17-18H2,1-4H3/t19-,21?/m0/s1. The van der Waals surface area contributed by atoms with Crippen LogP contribution in [0.15, 0.2) is 42.5 Å². The van der Waals surface area contributed by atoms with Gasteiger partial charge in [0.1, 0.15) is 0 Å². The van der Waals surface area contributed by atoms with Crippen LogP contribution in [-0.2, 0) is 0 Å². The summed E-state index contributed by atoms with van der Waals surface area (Å²) >= 11 is 0. The number of fused-ring (bicyclic) bond motifs is 1. The minimum atomic E-state index is 0.427. The number of benzene rings is 2. The average molecular weight is 353 g/mol. The van der Waals surface area contributed by atoms with Gasteiger partial charge in [-0.05, 0) is 56.1 Å². The van der Waals surface area contributed by atoms with Gasteiger partial charge in [-0.15, -0.1) is 0 Å². The van der Waals surface area contributed by atoms with Crippen molar-refractivity contribution in [3.05, 3.63) is 48.0 Å². The Bertz CT molecular complexity index is 684. The maximum absolute atomic E-state index is 8.59. The Morgan fingerprint density at radius 2 is 1.69 bits per heavy atom. The van der Waals surface area contributed by atoms with Gasteiger partial charge in [-0.1, -0.05) is 75.1 Å². The SMILES string of the molecule is CCCCCCC(CC(=N)C[C@H](C)N(C)C)c1cccc2ccccc12. The lowest BCUT2D eigenvalue weighted by atomic mass is 9.84. The molecule has 142 valence electrons. The van der Waals surface area contributed by atoms with Gasteiger partial charge in [-0.3, -0.25) is 0 Å². The molecule has 26 heavy (non-hydrogen) atoms. The zero-order chi connectivity index (χ0) is 18.9. The number of hydrogen-bond acceptors (Lipinski definition) is 2. The second-order valence-corrected chi connectivity index (χ2v) is 7.94. The fourth-order valence-electron chi connectivity index (χ4n) is 3.71. The number of rotatable bonds is 11. The van der Waals surface area contributed by atoms with Crippen LogP contribution in [0.5, 0.6) is 0 Å². The second kappa shape index (κ2) is 10.5. The van der Waals surface area contributed by atoms with Crippen LogP contribution < -0.4 is 0 Å². The van der Waals surface area contributed by atoms with Gasteiger partial charge in [0.2, 0.25) is 0 Å². The number of nitrogens with zero attached hydrogens (tertiary/aromatic N) is 1. The van der Waals surface area contributed by atoms with Gasteiger partial charge in [0.05, 0.1) is 0 Å². The molecule has 0 aliphatic heterocycles. The quantitative estimate of drug-likeness (QED) is 0.356. The summed E-state index contributed by atoms with van der Waals surface area (Å²) in [5.41, 5.74) is 2.32. The first-order chi connectivity index (χ1) is 12.5. The molecule has 1 N–H and O–H groups in total. The summed E-state index contributed by atoms with van der Waals surface area (Å²) < 4.78 is 0. The van der Waals surface area contributed by atoms with E-state index in [1.54, 1.807) is 0 Å². The lowest BCUT2D eigenvalue weighted by Crippen LogP contribution is -2.27. The van der Waals surface area contributed by atoms with Crippen molar-refractivity contribution in [1.82, 2.24) is 4.90 Å². The van der Waals surface area contributed by atoms with E-state index in [0.717, 1.165) is 18.6 Å². The lowest BCUT2D eigenvalue weighted by Gasteiger charge is -2.24. The Morgan fingerprint density at radius 1 is 0.962 bits per heavy atom. The summed E-state index contributed by atoms with van der Waals surface area (Å²) in [4.78, 5) is 2.21. The van der Waals surface area contributed by atoms with Gasteiger partial charge >= 0.3 is 0 Å². The van der Waals surface area contributed by atoms with E-state index in [9.17, 15) is 0 Å². The van der Waals surface area contributed by atoms with E-state index in [4.69, 9.17) is 5.41 Å². The molecule has 0 aliphatic rings. The number of hydrogen-bond donors (Lipinski definition) is 1. The van der Waals surface area contributed by atoms with E-state index in [0.29, 0.717) is 12.0 Å². The molecule has 0 radical (unpaired) electrons. The van der Waals surface area contributed by atoms with Gasteiger partial charge in [0, 0.05) is 18.2 Å². The highest BCUT2D eigenvalue weighted by Gasteiger charge is 2.18. The molecule has 2 aromatic rings. The van der Waals surface area contributed by atoms with Crippen molar-refractivity contribution in [3.63, 3.8) is 0 Å². The summed E-state index contributed by atoms with van der Waals surface area (Å²) in [6.45, 7) is 4.48. The maximum atomic E-state index is 8.59. The van der Waals surface area contributed by atoms with Crippen LogP contribution in [0.4, 0.5) is 0 Å². The highest BCUT2D eigenvalue weighted by Crippen LogP contribution is 2.32. The summed E-state index contributed by atoms with van der Waals surface area (Å²) in [6, 6.07) is 15.8. The Hall–Kier alpha value is -1.67. The lowest BCUT2D eigenvalue weighted by molar-refractivity contribution is 0.319. The van der Waals surface area contributed by atoms with E-state index < -0.39 is 0 Å². The molecule has 0 amide bonds. The van der Waals surface area contributed by atoms with Crippen LogP contribution in [-0.4, -0.2) is 30.7 Å². The summed E-state index contributed by atoms with van der Waals surface area (Å²) in [7, 11) is 4.20. The first-order valence-electron chi connectivity index (χ1n) is 10.2. The van der Waals surface area contributed by atoms with Crippen molar-refractivity contribution < 1.29 is 0 Å². The molecule has 0 aliphatic carbocycles. The Balaban J connectivity index is 2.18. The molecule has 2 nitrogen and oxygen atoms in total. The van der Waals surface area contributed by atoms with Crippen molar-refractivity contribution in [2.75, 3.05) is 14.1 Å². The molecule has 2 heteroatoms. The zero-order valence-electron chi connectivity index (χ0n) is 17.1. The highest BCUT2D eigenvalue weighted by atomic mass is 15.1. The molecule has 0 heterocycles. The third-order valence-corrected chi connectivity index (χ3v) is 5.59. The molecule has 2 rings (SSSR count). The second-order valence-electron chi connectivity index (χ2n) is 7.94. The normalized spacial score (nSPS) is 13.9. The molecule has 2 aromatic carbocycles. The van der Waals surface area contributed by atoms with Crippen LogP contribution in [0.2, 0.25) is 0 Å². The fraction of sp³-hybridized carbons (Fsp3) is 0.542. The predicted octanol–water partition coefficient (Wildman–Crippen LogP) is 6.64. The molecule has 2 atom stereocenters. The molecule has 0 fully saturated rings. The summed E-state index contributed by atoms with van der Waals surface area (Å²) in [5, 5.41) is 11.3. The minimum Gasteiger partial charge on any atom is -0.310 e.